The van der Waals surface area contributed by atoms with Crippen LogP contribution < -0.4 is 24.0 Å². The largest absolute Gasteiger partial charge is 1.00 e. The first-order valence-corrected chi connectivity index (χ1v) is 2.65. The van der Waals surface area contributed by atoms with Crippen molar-refractivity contribution in [3.05, 3.63) is 0 Å². The average molecular weight is 114 g/mol. The molecule has 0 radical (unpaired) electrons. The minimum Gasteiger partial charge on any atom is -0.860 e. The average Bonchev–Trinajstić information content (AvgIpc) is 1.38. The predicted molar refractivity (Wildman–Crippen MR) is 26.1 cm³/mol. The van der Waals surface area contributed by atoms with Crippen LogP contribution in [0.3, 0.4) is 0 Å². The molecule has 1 nitrogen and oxygen atoms in total. The van der Waals surface area contributed by atoms with Gasteiger partial charge in [0.25, 0.3) is 0 Å². The van der Waals surface area contributed by atoms with E-state index in [9.17, 15) is 5.11 Å². The van der Waals surface area contributed by atoms with E-state index in [-0.39, 0.29) is 23.2 Å². The first-order valence-electron chi connectivity index (χ1n) is 1.02. The molecule has 0 aliphatic rings. The fraction of sp³-hybridized carbons (Fsp3) is 0.500. The predicted octanol–water partition coefficient (Wildman–Crippen LogP) is -3.00. The molecule has 0 N–H and O–H groups in total. The summed E-state index contributed by atoms with van der Waals surface area (Å²) in [5.41, 5.74) is 0. The van der Waals surface area contributed by atoms with Crippen molar-refractivity contribution in [2.75, 3.05) is 6.26 Å². The van der Waals surface area contributed by atoms with Crippen molar-refractivity contribution in [1.82, 2.24) is 0 Å². The van der Waals surface area contributed by atoms with Crippen LogP contribution in [-0.2, 0) is 0 Å². The molecule has 0 atom stereocenters. The van der Waals surface area contributed by atoms with Crippen LogP contribution in [0.2, 0.25) is 0 Å². The molecule has 0 spiro atoms. The maximum absolute atomic E-state index is 9.59. The van der Waals surface area contributed by atoms with E-state index in [0.29, 0.717) is 0 Å². The van der Waals surface area contributed by atoms with Crippen LogP contribution in [0.5, 0.6) is 0 Å². The summed E-state index contributed by atoms with van der Waals surface area (Å²) in [5.74, 6) is 0. The van der Waals surface area contributed by atoms with Crippen LogP contribution in [0.15, 0.2) is 0 Å². The zero-order valence-corrected chi connectivity index (χ0v) is 5.36. The van der Waals surface area contributed by atoms with Crippen LogP contribution in [0.25, 0.3) is 0 Å². The van der Waals surface area contributed by atoms with Crippen LogP contribution in [0, 0.1) is 0 Å². The molecule has 6 heavy (non-hydrogen) atoms. The maximum atomic E-state index is 9.59. The van der Waals surface area contributed by atoms with Gasteiger partial charge in [-0.1, -0.05) is 12.2 Å². The van der Waals surface area contributed by atoms with E-state index in [1.54, 1.807) is 6.26 Å². The Bertz CT molecular complexity index is 46.8. The fourth-order valence-electron chi connectivity index (χ4n) is 0. The molecule has 0 rings (SSSR count). The molecule has 0 aliphatic heterocycles. The number of rotatable bonds is 0. The normalized spacial score (nSPS) is 6.17. The minimum absolute atomic E-state index is 0. The second-order valence-corrected chi connectivity index (χ2v) is 1.86. The SMILES string of the molecule is CSC([O-])=S.[Li+]. The third-order valence-corrected chi connectivity index (χ3v) is 1.000. The second-order valence-electron chi connectivity index (χ2n) is 0.454. The summed E-state index contributed by atoms with van der Waals surface area (Å²) in [4.78, 5) is 0. The molecular weight excluding hydrogens is 111 g/mol. The van der Waals surface area contributed by atoms with Crippen molar-refractivity contribution in [2.24, 2.45) is 0 Å². The maximum Gasteiger partial charge on any atom is 1.00 e. The Morgan fingerprint density at radius 2 is 2.00 bits per heavy atom. The van der Waals surface area contributed by atoms with Gasteiger partial charge in [0, 0.05) is 0 Å². The molecule has 0 aliphatic carbocycles. The van der Waals surface area contributed by atoms with Crippen LogP contribution in [-0.4, -0.2) is 10.6 Å². The van der Waals surface area contributed by atoms with Gasteiger partial charge in [-0.3, -0.25) is 0 Å². The minimum atomic E-state index is -0.245. The van der Waals surface area contributed by atoms with Crippen LogP contribution in [0.4, 0.5) is 0 Å². The van der Waals surface area contributed by atoms with Crippen molar-refractivity contribution in [3.8, 4) is 0 Å². The molecule has 0 amide bonds. The molecular formula is C2H3LiOS2. The summed E-state index contributed by atoms with van der Waals surface area (Å²) in [6, 6.07) is 0. The van der Waals surface area contributed by atoms with E-state index in [4.69, 9.17) is 0 Å². The van der Waals surface area contributed by atoms with Crippen molar-refractivity contribution >= 4 is 28.4 Å². The summed E-state index contributed by atoms with van der Waals surface area (Å²) in [7, 11) is 0. The zero-order valence-electron chi connectivity index (χ0n) is 3.72. The van der Waals surface area contributed by atoms with Gasteiger partial charge in [-0.15, -0.1) is 11.8 Å². The molecule has 0 saturated carbocycles. The van der Waals surface area contributed by atoms with Crippen molar-refractivity contribution in [2.45, 2.75) is 0 Å². The van der Waals surface area contributed by atoms with Gasteiger partial charge in [-0.2, -0.15) is 0 Å². The smallest absolute Gasteiger partial charge is 0.860 e. The molecule has 0 heterocycles. The summed E-state index contributed by atoms with van der Waals surface area (Å²) in [6.45, 7) is 0. The second kappa shape index (κ2) is 5.84. The van der Waals surface area contributed by atoms with E-state index in [1.807, 2.05) is 0 Å². The Labute approximate surface area is 58.7 Å². The number of thiocarbonyl (C=S) groups is 1. The number of thioether (sulfide) groups is 1. The van der Waals surface area contributed by atoms with Gasteiger partial charge < -0.3 is 5.11 Å². The molecule has 0 fully saturated rings. The number of hydrogen-bond acceptors (Lipinski definition) is 3. The third-order valence-electron chi connectivity index (χ3n) is 0.167. The Morgan fingerprint density at radius 3 is 2.00 bits per heavy atom. The van der Waals surface area contributed by atoms with Gasteiger partial charge in [0.15, 0.2) is 0 Å². The standard InChI is InChI=1S/C2H4OS2.Li/c1-5-2(3)4;/h1H3,(H,3,4);/q;+1/p-1. The summed E-state index contributed by atoms with van der Waals surface area (Å²) >= 11 is 5.16. The van der Waals surface area contributed by atoms with Gasteiger partial charge in [0.05, 0.1) is 0 Å². The van der Waals surface area contributed by atoms with Gasteiger partial charge in [0.1, 0.15) is 0 Å². The number of hydrogen-bond donors (Lipinski definition) is 0. The van der Waals surface area contributed by atoms with E-state index >= 15 is 0 Å². The topological polar surface area (TPSA) is 23.1 Å². The summed E-state index contributed by atoms with van der Waals surface area (Å²) < 4.78 is -0.245. The zero-order chi connectivity index (χ0) is 4.28. The van der Waals surface area contributed by atoms with E-state index in [0.717, 1.165) is 11.8 Å². The molecule has 0 saturated heterocycles. The molecule has 0 aromatic carbocycles. The van der Waals surface area contributed by atoms with Crippen molar-refractivity contribution < 1.29 is 24.0 Å². The van der Waals surface area contributed by atoms with Gasteiger partial charge in [-0.25, -0.2) is 0 Å². The monoisotopic (exact) mass is 114 g/mol. The molecule has 0 aromatic rings. The van der Waals surface area contributed by atoms with Gasteiger partial charge in [-0.05, 0) is 10.6 Å². The van der Waals surface area contributed by atoms with Crippen LogP contribution >= 0.6 is 24.0 Å². The quantitative estimate of drug-likeness (QED) is 0.247. The molecule has 0 aromatic heterocycles. The third kappa shape index (κ3) is 8.85. The Hall–Kier alpha value is 0.837. The van der Waals surface area contributed by atoms with Crippen LogP contribution in [0.1, 0.15) is 0 Å². The molecule has 4 heteroatoms. The summed E-state index contributed by atoms with van der Waals surface area (Å²) in [6.07, 6.45) is 1.66. The van der Waals surface area contributed by atoms with E-state index < -0.39 is 0 Å². The van der Waals surface area contributed by atoms with Gasteiger partial charge >= 0.3 is 18.9 Å². The molecule has 0 bridgehead atoms. The fourth-order valence-corrected chi connectivity index (χ4v) is 0. The first kappa shape index (κ1) is 9.96. The molecule has 0 unspecified atom stereocenters. The van der Waals surface area contributed by atoms with Crippen molar-refractivity contribution in [3.63, 3.8) is 0 Å². The first-order chi connectivity index (χ1) is 2.27. The Balaban J connectivity index is 0. The van der Waals surface area contributed by atoms with E-state index in [2.05, 4.69) is 12.2 Å². The van der Waals surface area contributed by atoms with Gasteiger partial charge in [0.2, 0.25) is 0 Å². The molecule has 30 valence electrons. The van der Waals surface area contributed by atoms with Crippen molar-refractivity contribution in [1.29, 1.82) is 0 Å². The Kier molecular flexibility index (Phi) is 9.69. The van der Waals surface area contributed by atoms with E-state index in [1.165, 1.54) is 0 Å². The Morgan fingerprint density at radius 1 is 1.83 bits per heavy atom. The summed E-state index contributed by atoms with van der Waals surface area (Å²) in [5, 5.41) is 9.59.